The maximum absolute atomic E-state index is 12.0. The smallest absolute Gasteiger partial charge is 0.230 e. The lowest BCUT2D eigenvalue weighted by Crippen LogP contribution is -2.25. The van der Waals surface area contributed by atoms with Crippen molar-refractivity contribution in [2.75, 3.05) is 11.6 Å². The van der Waals surface area contributed by atoms with Crippen molar-refractivity contribution in [2.45, 2.75) is 18.3 Å². The van der Waals surface area contributed by atoms with Crippen molar-refractivity contribution in [3.05, 3.63) is 71.0 Å². The van der Waals surface area contributed by atoms with E-state index in [1.807, 2.05) is 30.3 Å². The molecular weight excluding hydrogens is 386 g/mol. The predicted molar refractivity (Wildman–Crippen MR) is 105 cm³/mol. The van der Waals surface area contributed by atoms with Gasteiger partial charge in [0.15, 0.2) is 5.82 Å². The number of amides is 1. The summed E-state index contributed by atoms with van der Waals surface area (Å²) in [6.07, 6.45) is 0. The second-order valence-corrected chi connectivity index (χ2v) is 6.94. The van der Waals surface area contributed by atoms with Gasteiger partial charge >= 0.3 is 0 Å². The number of hydrogen-bond acceptors (Lipinski definition) is 6. The van der Waals surface area contributed by atoms with Gasteiger partial charge in [-0.05, 0) is 29.8 Å². The van der Waals surface area contributed by atoms with Crippen LogP contribution < -0.4 is 15.9 Å². The minimum atomic E-state index is -0.106. The molecule has 9 heteroatoms. The fourth-order valence-corrected chi connectivity index (χ4v) is 2.99. The number of hydrogen-bond donors (Lipinski definition) is 2. The van der Waals surface area contributed by atoms with Gasteiger partial charge in [-0.15, -0.1) is 10.2 Å². The Labute approximate surface area is 165 Å². The number of carbonyl (C=O) groups excluding carboxylic acids is 1. The molecule has 1 amide bonds. The molecular formula is C18H18ClN5O2S. The van der Waals surface area contributed by atoms with Crippen LogP contribution in [0.25, 0.3) is 0 Å². The second-order valence-electron chi connectivity index (χ2n) is 5.56. The molecule has 3 rings (SSSR count). The third-order valence-corrected chi connectivity index (χ3v) is 4.78. The lowest BCUT2D eigenvalue weighted by molar-refractivity contribution is -0.118. The number of nitrogens with zero attached hydrogens (tertiary/aromatic N) is 3. The summed E-state index contributed by atoms with van der Waals surface area (Å²) in [5.74, 6) is 7.18. The van der Waals surface area contributed by atoms with Crippen LogP contribution >= 0.6 is 23.4 Å². The number of benzene rings is 2. The Morgan fingerprint density at radius 3 is 2.63 bits per heavy atom. The molecule has 0 radical (unpaired) electrons. The molecule has 0 spiro atoms. The molecule has 0 aliphatic heterocycles. The number of thioether (sulfide) groups is 1. The summed E-state index contributed by atoms with van der Waals surface area (Å²) in [5, 5.41) is 11.9. The second kappa shape index (κ2) is 9.29. The minimum Gasteiger partial charge on any atom is -0.486 e. The van der Waals surface area contributed by atoms with E-state index in [-0.39, 0.29) is 18.3 Å². The Kier molecular flexibility index (Phi) is 6.56. The van der Waals surface area contributed by atoms with Crippen LogP contribution in [-0.4, -0.2) is 26.5 Å². The third kappa shape index (κ3) is 5.63. The fourth-order valence-electron chi connectivity index (χ4n) is 2.16. The van der Waals surface area contributed by atoms with E-state index in [1.54, 1.807) is 24.3 Å². The maximum Gasteiger partial charge on any atom is 0.230 e. The van der Waals surface area contributed by atoms with E-state index < -0.39 is 0 Å². The van der Waals surface area contributed by atoms with E-state index in [9.17, 15) is 4.79 Å². The summed E-state index contributed by atoms with van der Waals surface area (Å²) in [7, 11) is 0. The van der Waals surface area contributed by atoms with E-state index in [0.29, 0.717) is 28.3 Å². The Morgan fingerprint density at radius 2 is 1.89 bits per heavy atom. The normalized spacial score (nSPS) is 10.6. The van der Waals surface area contributed by atoms with Crippen LogP contribution in [0.1, 0.15) is 11.4 Å². The average Bonchev–Trinajstić information content (AvgIpc) is 3.05. The van der Waals surface area contributed by atoms with E-state index in [0.717, 1.165) is 5.56 Å². The highest BCUT2D eigenvalue weighted by molar-refractivity contribution is 7.99. The SMILES string of the molecule is Nn1c(COc2ccc(Cl)cc2)nnc1SCC(=O)NCc1ccccc1. The van der Waals surface area contributed by atoms with Crippen LogP contribution in [0.15, 0.2) is 59.8 Å². The van der Waals surface area contributed by atoms with Gasteiger partial charge in [0.25, 0.3) is 0 Å². The van der Waals surface area contributed by atoms with E-state index in [4.69, 9.17) is 22.2 Å². The highest BCUT2D eigenvalue weighted by Gasteiger charge is 2.13. The molecule has 0 aliphatic carbocycles. The van der Waals surface area contributed by atoms with Gasteiger partial charge < -0.3 is 15.9 Å². The van der Waals surface area contributed by atoms with Gasteiger partial charge in [-0.3, -0.25) is 4.79 Å². The summed E-state index contributed by atoms with van der Waals surface area (Å²) in [6.45, 7) is 0.641. The predicted octanol–water partition coefficient (Wildman–Crippen LogP) is 2.63. The number of aromatic nitrogens is 3. The summed E-state index contributed by atoms with van der Waals surface area (Å²) in [4.78, 5) is 12.0. The number of rotatable bonds is 8. The molecule has 27 heavy (non-hydrogen) atoms. The Hall–Kier alpha value is -2.71. The first-order valence-electron chi connectivity index (χ1n) is 8.13. The van der Waals surface area contributed by atoms with Crippen molar-refractivity contribution in [2.24, 2.45) is 0 Å². The zero-order chi connectivity index (χ0) is 19.1. The van der Waals surface area contributed by atoms with Crippen molar-refractivity contribution in [1.29, 1.82) is 0 Å². The number of halogens is 1. The first-order valence-corrected chi connectivity index (χ1v) is 9.49. The molecule has 1 aromatic heterocycles. The maximum atomic E-state index is 12.0. The van der Waals surface area contributed by atoms with Crippen LogP contribution in [0.3, 0.4) is 0 Å². The first-order chi connectivity index (χ1) is 13.1. The highest BCUT2D eigenvalue weighted by Crippen LogP contribution is 2.18. The number of nitrogens with one attached hydrogen (secondary N) is 1. The standard InChI is InChI=1S/C18H18ClN5O2S/c19-14-6-8-15(9-7-14)26-11-16-22-23-18(24(16)20)27-12-17(25)21-10-13-4-2-1-3-5-13/h1-9H,10-12,20H2,(H,21,25). The van der Waals surface area contributed by atoms with Crippen molar-refractivity contribution in [3.63, 3.8) is 0 Å². The lowest BCUT2D eigenvalue weighted by Gasteiger charge is -2.07. The first kappa shape index (κ1) is 19.1. The van der Waals surface area contributed by atoms with E-state index in [1.165, 1.54) is 16.4 Å². The molecule has 0 atom stereocenters. The quantitative estimate of drug-likeness (QED) is 0.443. The molecule has 0 saturated carbocycles. The van der Waals surface area contributed by atoms with Crippen LogP contribution in [0, 0.1) is 0 Å². The monoisotopic (exact) mass is 403 g/mol. The largest absolute Gasteiger partial charge is 0.486 e. The zero-order valence-electron chi connectivity index (χ0n) is 14.3. The van der Waals surface area contributed by atoms with Gasteiger partial charge in [0, 0.05) is 11.6 Å². The van der Waals surface area contributed by atoms with Crippen molar-refractivity contribution >= 4 is 29.3 Å². The average molecular weight is 404 g/mol. The molecule has 140 valence electrons. The molecule has 3 aromatic rings. The molecule has 0 fully saturated rings. The van der Waals surface area contributed by atoms with Crippen LogP contribution in [0.4, 0.5) is 0 Å². The van der Waals surface area contributed by atoms with Crippen LogP contribution in [0.2, 0.25) is 5.02 Å². The molecule has 0 unspecified atom stereocenters. The summed E-state index contributed by atoms with van der Waals surface area (Å²) >= 11 is 7.05. The van der Waals surface area contributed by atoms with E-state index >= 15 is 0 Å². The van der Waals surface area contributed by atoms with Crippen molar-refractivity contribution < 1.29 is 9.53 Å². The molecule has 1 heterocycles. The van der Waals surface area contributed by atoms with Crippen molar-refractivity contribution in [3.8, 4) is 5.75 Å². The molecule has 7 nitrogen and oxygen atoms in total. The van der Waals surface area contributed by atoms with E-state index in [2.05, 4.69) is 15.5 Å². The Balaban J connectivity index is 1.46. The topological polar surface area (TPSA) is 95.1 Å². The number of nitrogens with two attached hydrogens (primary N) is 1. The Bertz CT molecular complexity index is 887. The summed E-state index contributed by atoms with van der Waals surface area (Å²) < 4.78 is 6.93. The molecule has 0 saturated heterocycles. The van der Waals surface area contributed by atoms with Gasteiger partial charge in [-0.1, -0.05) is 53.7 Å². The summed E-state index contributed by atoms with van der Waals surface area (Å²) in [5.41, 5.74) is 1.04. The van der Waals surface area contributed by atoms with Crippen molar-refractivity contribution in [1.82, 2.24) is 20.2 Å². The van der Waals surface area contributed by atoms with Crippen LogP contribution in [0.5, 0.6) is 5.75 Å². The van der Waals surface area contributed by atoms with Gasteiger partial charge in [0.1, 0.15) is 12.4 Å². The zero-order valence-corrected chi connectivity index (χ0v) is 15.9. The summed E-state index contributed by atoms with van der Waals surface area (Å²) in [6, 6.07) is 16.7. The molecule has 0 bridgehead atoms. The van der Waals surface area contributed by atoms with Gasteiger partial charge in [-0.25, -0.2) is 4.68 Å². The number of nitrogen functional groups attached to an aromatic ring is 1. The molecule has 0 aliphatic rings. The number of ether oxygens (including phenoxy) is 1. The van der Waals surface area contributed by atoms with Gasteiger partial charge in [0.05, 0.1) is 5.75 Å². The minimum absolute atomic E-state index is 0.106. The fraction of sp³-hybridized carbons (Fsp3) is 0.167. The third-order valence-electron chi connectivity index (χ3n) is 3.58. The highest BCUT2D eigenvalue weighted by atomic mass is 35.5. The van der Waals surface area contributed by atoms with Crippen LogP contribution in [-0.2, 0) is 17.9 Å². The lowest BCUT2D eigenvalue weighted by atomic mass is 10.2. The number of carbonyl (C=O) groups is 1. The van der Waals surface area contributed by atoms with Gasteiger partial charge in [0.2, 0.25) is 11.1 Å². The van der Waals surface area contributed by atoms with Gasteiger partial charge in [-0.2, -0.15) is 0 Å². The Morgan fingerprint density at radius 1 is 1.15 bits per heavy atom. The molecule has 3 N–H and O–H groups in total. The molecule has 2 aromatic carbocycles.